The number of aromatic amines is 1. The molecule has 0 radical (unpaired) electrons. The van der Waals surface area contributed by atoms with Crippen molar-refractivity contribution in [2.45, 2.75) is 25.4 Å². The van der Waals surface area contributed by atoms with Crippen molar-refractivity contribution in [3.8, 4) is 0 Å². The third-order valence-electron chi connectivity index (χ3n) is 3.57. The van der Waals surface area contributed by atoms with Crippen LogP contribution < -0.4 is 0 Å². The minimum absolute atomic E-state index is 0.253. The molecule has 0 saturated heterocycles. The van der Waals surface area contributed by atoms with Crippen molar-refractivity contribution in [1.82, 2.24) is 4.98 Å². The lowest BCUT2D eigenvalue weighted by atomic mass is 9.91. The van der Waals surface area contributed by atoms with Crippen LogP contribution in [0, 0.1) is 0 Å². The predicted molar refractivity (Wildman–Crippen MR) is 70.9 cm³/mol. The number of H-pyrrole nitrogens is 1. The van der Waals surface area contributed by atoms with Crippen LogP contribution in [0.4, 0.5) is 0 Å². The first-order valence-corrected chi connectivity index (χ1v) is 6.19. The molecule has 1 aromatic carbocycles. The quantitative estimate of drug-likeness (QED) is 0.830. The summed E-state index contributed by atoms with van der Waals surface area (Å²) < 4.78 is 5.59. The summed E-state index contributed by atoms with van der Waals surface area (Å²) in [7, 11) is 1.80. The van der Waals surface area contributed by atoms with Gasteiger partial charge in [0.15, 0.2) is 0 Å². The molecule has 1 unspecified atom stereocenters. The lowest BCUT2D eigenvalue weighted by Gasteiger charge is -2.22. The molecule has 2 aromatic rings. The van der Waals surface area contributed by atoms with E-state index in [2.05, 4.69) is 41.5 Å². The molecule has 1 N–H and O–H groups in total. The van der Waals surface area contributed by atoms with Crippen molar-refractivity contribution in [3.63, 3.8) is 0 Å². The molecule has 1 aliphatic rings. The lowest BCUT2D eigenvalue weighted by Crippen LogP contribution is -2.15. The van der Waals surface area contributed by atoms with E-state index in [9.17, 15) is 0 Å². The molecule has 0 saturated carbocycles. The Morgan fingerprint density at radius 2 is 2.18 bits per heavy atom. The van der Waals surface area contributed by atoms with E-state index in [1.165, 1.54) is 28.5 Å². The van der Waals surface area contributed by atoms with E-state index in [0.29, 0.717) is 0 Å². The highest BCUT2D eigenvalue weighted by atomic mass is 16.5. The molecule has 88 valence electrons. The van der Waals surface area contributed by atoms with Crippen LogP contribution in [0.2, 0.25) is 0 Å². The van der Waals surface area contributed by atoms with E-state index < -0.39 is 0 Å². The molecular formula is C15H17NO. The Balaban J connectivity index is 2.11. The van der Waals surface area contributed by atoms with E-state index in [4.69, 9.17) is 4.74 Å². The summed E-state index contributed by atoms with van der Waals surface area (Å²) in [6.45, 7) is 0. The molecule has 17 heavy (non-hydrogen) atoms. The molecular weight excluding hydrogens is 210 g/mol. The molecule has 0 amide bonds. The second kappa shape index (κ2) is 4.38. The number of hydrogen-bond acceptors (Lipinski definition) is 1. The van der Waals surface area contributed by atoms with Crippen LogP contribution in [0.5, 0.6) is 0 Å². The summed E-state index contributed by atoms with van der Waals surface area (Å²) in [6.07, 6.45) is 8.20. The number of para-hydroxylation sites is 1. The predicted octanol–water partition coefficient (Wildman–Crippen LogP) is 3.75. The van der Waals surface area contributed by atoms with Crippen LogP contribution in [0.15, 0.2) is 36.5 Å². The maximum Gasteiger partial charge on any atom is 0.0824 e. The second-order valence-corrected chi connectivity index (χ2v) is 4.56. The molecule has 1 aliphatic carbocycles. The zero-order chi connectivity index (χ0) is 11.7. The van der Waals surface area contributed by atoms with E-state index >= 15 is 0 Å². The zero-order valence-electron chi connectivity index (χ0n) is 10.1. The first-order chi connectivity index (χ1) is 8.40. The highest BCUT2D eigenvalue weighted by Gasteiger charge is 2.20. The fraction of sp³-hybridized carbons (Fsp3) is 0.333. The van der Waals surface area contributed by atoms with Gasteiger partial charge >= 0.3 is 0 Å². The summed E-state index contributed by atoms with van der Waals surface area (Å²) in [5.74, 6) is 0. The van der Waals surface area contributed by atoms with Crippen LogP contribution in [0.1, 0.15) is 24.8 Å². The Labute approximate surface area is 101 Å². The van der Waals surface area contributed by atoms with Crippen molar-refractivity contribution in [1.29, 1.82) is 0 Å². The van der Waals surface area contributed by atoms with Crippen LogP contribution in [0.25, 0.3) is 16.5 Å². The van der Waals surface area contributed by atoms with Gasteiger partial charge in [-0.3, -0.25) is 0 Å². The van der Waals surface area contributed by atoms with Gasteiger partial charge < -0.3 is 9.72 Å². The summed E-state index contributed by atoms with van der Waals surface area (Å²) >= 11 is 0. The minimum Gasteiger partial charge on any atom is -0.377 e. The highest BCUT2D eigenvalue weighted by molar-refractivity contribution is 5.93. The number of methoxy groups -OCH3 is 1. The molecule has 3 rings (SSSR count). The van der Waals surface area contributed by atoms with Gasteiger partial charge in [0.1, 0.15) is 0 Å². The summed E-state index contributed by atoms with van der Waals surface area (Å²) in [5.41, 5.74) is 3.84. The second-order valence-electron chi connectivity index (χ2n) is 4.56. The molecule has 0 spiro atoms. The van der Waals surface area contributed by atoms with Gasteiger partial charge in [-0.2, -0.15) is 0 Å². The summed E-state index contributed by atoms with van der Waals surface area (Å²) in [5, 5.41) is 1.29. The maximum absolute atomic E-state index is 5.59. The monoisotopic (exact) mass is 227 g/mol. The van der Waals surface area contributed by atoms with Gasteiger partial charge in [-0.1, -0.05) is 24.3 Å². The average molecular weight is 227 g/mol. The Hall–Kier alpha value is -1.54. The number of allylic oxidation sites excluding steroid dienone is 1. The topological polar surface area (TPSA) is 25.0 Å². The molecule has 1 atom stereocenters. The van der Waals surface area contributed by atoms with Crippen LogP contribution >= 0.6 is 0 Å². The van der Waals surface area contributed by atoms with Crippen LogP contribution in [-0.4, -0.2) is 18.2 Å². The fourth-order valence-electron chi connectivity index (χ4n) is 2.69. The molecule has 1 heterocycles. The maximum atomic E-state index is 5.59. The Kier molecular flexibility index (Phi) is 2.73. The van der Waals surface area contributed by atoms with Crippen molar-refractivity contribution in [2.24, 2.45) is 0 Å². The van der Waals surface area contributed by atoms with Crippen molar-refractivity contribution < 1.29 is 4.74 Å². The van der Waals surface area contributed by atoms with Crippen molar-refractivity contribution >= 4 is 16.5 Å². The van der Waals surface area contributed by atoms with Gasteiger partial charge in [-0.15, -0.1) is 0 Å². The summed E-state index contributed by atoms with van der Waals surface area (Å²) in [4.78, 5) is 3.33. The normalized spacial score (nSPS) is 20.5. The molecule has 0 bridgehead atoms. The van der Waals surface area contributed by atoms with E-state index in [0.717, 1.165) is 12.8 Å². The van der Waals surface area contributed by atoms with Gasteiger partial charge in [0.25, 0.3) is 0 Å². The molecule has 1 aromatic heterocycles. The van der Waals surface area contributed by atoms with Gasteiger partial charge in [0, 0.05) is 29.8 Å². The lowest BCUT2D eigenvalue weighted by molar-refractivity contribution is 0.136. The van der Waals surface area contributed by atoms with Gasteiger partial charge in [0.2, 0.25) is 0 Å². The Morgan fingerprint density at radius 1 is 1.29 bits per heavy atom. The first-order valence-electron chi connectivity index (χ1n) is 6.19. The largest absolute Gasteiger partial charge is 0.377 e. The molecule has 2 nitrogen and oxygen atoms in total. The number of ether oxygens (including phenoxy) is 1. The molecule has 2 heteroatoms. The third kappa shape index (κ3) is 1.79. The SMILES string of the molecule is COC1CCCC=C1c1c[nH]c2ccccc12. The average Bonchev–Trinajstić information content (AvgIpc) is 2.82. The zero-order valence-corrected chi connectivity index (χ0v) is 10.1. The van der Waals surface area contributed by atoms with Gasteiger partial charge in [-0.05, 0) is 30.9 Å². The fourth-order valence-corrected chi connectivity index (χ4v) is 2.69. The number of hydrogen-bond donors (Lipinski definition) is 1. The third-order valence-corrected chi connectivity index (χ3v) is 3.57. The van der Waals surface area contributed by atoms with E-state index in [1.54, 1.807) is 7.11 Å². The summed E-state index contributed by atoms with van der Waals surface area (Å²) in [6, 6.07) is 8.43. The standard InChI is InChI=1S/C15H17NO/c1-17-15-9-5-3-7-12(15)13-10-16-14-8-4-2-6-11(13)14/h2,4,6-8,10,15-16H,3,5,9H2,1H3. The highest BCUT2D eigenvalue weighted by Crippen LogP contribution is 2.33. The smallest absolute Gasteiger partial charge is 0.0824 e. The van der Waals surface area contributed by atoms with Crippen LogP contribution in [0.3, 0.4) is 0 Å². The number of rotatable bonds is 2. The van der Waals surface area contributed by atoms with E-state index in [-0.39, 0.29) is 6.10 Å². The van der Waals surface area contributed by atoms with Crippen LogP contribution in [-0.2, 0) is 4.74 Å². The van der Waals surface area contributed by atoms with E-state index in [1.807, 2.05) is 0 Å². The molecule has 0 fully saturated rings. The van der Waals surface area contributed by atoms with Crippen molar-refractivity contribution in [2.75, 3.05) is 7.11 Å². The first kappa shape index (κ1) is 10.6. The Bertz CT molecular complexity index is 553. The minimum atomic E-state index is 0.253. The van der Waals surface area contributed by atoms with Gasteiger partial charge in [-0.25, -0.2) is 0 Å². The molecule has 0 aliphatic heterocycles. The number of fused-ring (bicyclic) bond motifs is 1. The Morgan fingerprint density at radius 3 is 3.06 bits per heavy atom. The number of nitrogens with one attached hydrogen (secondary N) is 1. The number of benzene rings is 1. The number of aromatic nitrogens is 1. The van der Waals surface area contributed by atoms with Gasteiger partial charge in [0.05, 0.1) is 6.10 Å². The van der Waals surface area contributed by atoms with Crippen molar-refractivity contribution in [3.05, 3.63) is 42.1 Å².